The van der Waals surface area contributed by atoms with Gasteiger partial charge < -0.3 is 20.1 Å². The summed E-state index contributed by atoms with van der Waals surface area (Å²) in [6.45, 7) is 6.42. The number of benzene rings is 1. The molecule has 1 aromatic carbocycles. The van der Waals surface area contributed by atoms with E-state index in [1.54, 1.807) is 7.11 Å². The minimum absolute atomic E-state index is 0.249. The molecule has 0 aliphatic heterocycles. The molecule has 0 unspecified atom stereocenters. The molecule has 5 nitrogen and oxygen atoms in total. The molecule has 0 heterocycles. The molecule has 0 atom stereocenters. The molecule has 0 saturated heterocycles. The molecule has 1 aliphatic carbocycles. The number of guanidine groups is 1. The molecule has 1 fully saturated rings. The Bertz CT molecular complexity index is 472. The van der Waals surface area contributed by atoms with Crippen LogP contribution in [0.25, 0.3) is 0 Å². The molecular weight excluding hydrogens is 290 g/mol. The van der Waals surface area contributed by atoms with E-state index in [-0.39, 0.29) is 5.41 Å². The van der Waals surface area contributed by atoms with Crippen molar-refractivity contribution in [2.45, 2.75) is 25.2 Å². The fourth-order valence-electron chi connectivity index (χ4n) is 2.54. The molecule has 1 saturated carbocycles. The van der Waals surface area contributed by atoms with Gasteiger partial charge in [0, 0.05) is 25.6 Å². The molecular formula is C18H29N3O2. The Kier molecular flexibility index (Phi) is 7.36. The number of aliphatic imine (C=N–C) groups is 1. The molecule has 2 N–H and O–H groups in total. The fourth-order valence-corrected chi connectivity index (χ4v) is 2.54. The van der Waals surface area contributed by atoms with Gasteiger partial charge in [-0.05, 0) is 25.3 Å². The lowest BCUT2D eigenvalue weighted by Gasteiger charge is -2.16. The van der Waals surface area contributed by atoms with Gasteiger partial charge in [0.25, 0.3) is 0 Å². The lowest BCUT2D eigenvalue weighted by molar-refractivity contribution is 0.0733. The summed E-state index contributed by atoms with van der Waals surface area (Å²) in [6.07, 6.45) is 2.44. The second-order valence-corrected chi connectivity index (χ2v) is 5.87. The van der Waals surface area contributed by atoms with E-state index in [4.69, 9.17) is 14.5 Å². The SMILES string of the molecule is CCNC(=NCC1(c2ccccc2)CC1)NCCOCCOC. The third kappa shape index (κ3) is 5.84. The van der Waals surface area contributed by atoms with Crippen molar-refractivity contribution < 1.29 is 9.47 Å². The van der Waals surface area contributed by atoms with Gasteiger partial charge in [0.15, 0.2) is 5.96 Å². The molecule has 23 heavy (non-hydrogen) atoms. The standard InChI is InChI=1S/C18H29N3O2/c1-3-19-17(20-11-12-23-14-13-22-2)21-15-18(9-10-18)16-7-5-4-6-8-16/h4-8H,3,9-15H2,1-2H3,(H2,19,20,21). The van der Waals surface area contributed by atoms with Crippen LogP contribution in [0.2, 0.25) is 0 Å². The van der Waals surface area contributed by atoms with Crippen LogP contribution >= 0.6 is 0 Å². The van der Waals surface area contributed by atoms with Crippen LogP contribution < -0.4 is 10.6 Å². The maximum Gasteiger partial charge on any atom is 0.191 e. The van der Waals surface area contributed by atoms with E-state index >= 15 is 0 Å². The first kappa shape index (κ1) is 17.8. The zero-order chi connectivity index (χ0) is 16.4. The average molecular weight is 319 g/mol. The van der Waals surface area contributed by atoms with Crippen LogP contribution in [0, 0.1) is 0 Å². The third-order valence-corrected chi connectivity index (χ3v) is 4.09. The van der Waals surface area contributed by atoms with Gasteiger partial charge in [-0.1, -0.05) is 30.3 Å². The predicted molar refractivity (Wildman–Crippen MR) is 94.0 cm³/mol. The Balaban J connectivity index is 1.79. The van der Waals surface area contributed by atoms with Crippen LogP contribution in [0.5, 0.6) is 0 Å². The van der Waals surface area contributed by atoms with Gasteiger partial charge in [-0.25, -0.2) is 0 Å². The Morgan fingerprint density at radius 3 is 2.57 bits per heavy atom. The summed E-state index contributed by atoms with van der Waals surface area (Å²) >= 11 is 0. The molecule has 0 aromatic heterocycles. The summed E-state index contributed by atoms with van der Waals surface area (Å²) in [5.41, 5.74) is 1.65. The fraction of sp³-hybridized carbons (Fsp3) is 0.611. The Hall–Kier alpha value is -1.59. The van der Waals surface area contributed by atoms with Crippen molar-refractivity contribution in [1.82, 2.24) is 10.6 Å². The summed E-state index contributed by atoms with van der Waals surface area (Å²) in [6, 6.07) is 10.7. The first-order valence-corrected chi connectivity index (χ1v) is 8.45. The van der Waals surface area contributed by atoms with Crippen molar-refractivity contribution in [2.24, 2.45) is 4.99 Å². The molecule has 0 amide bonds. The summed E-state index contributed by atoms with van der Waals surface area (Å²) < 4.78 is 10.4. The van der Waals surface area contributed by atoms with E-state index in [1.807, 2.05) is 0 Å². The van der Waals surface area contributed by atoms with E-state index < -0.39 is 0 Å². The lowest BCUT2D eigenvalue weighted by atomic mass is 9.96. The Morgan fingerprint density at radius 2 is 1.91 bits per heavy atom. The topological polar surface area (TPSA) is 54.9 Å². The number of methoxy groups -OCH3 is 1. The lowest BCUT2D eigenvalue weighted by Crippen LogP contribution is -2.39. The van der Waals surface area contributed by atoms with Crippen molar-refractivity contribution in [3.8, 4) is 0 Å². The summed E-state index contributed by atoms with van der Waals surface area (Å²) in [7, 11) is 1.68. The van der Waals surface area contributed by atoms with Crippen molar-refractivity contribution in [3.05, 3.63) is 35.9 Å². The zero-order valence-electron chi connectivity index (χ0n) is 14.3. The molecule has 128 valence electrons. The molecule has 1 aromatic rings. The number of ether oxygens (including phenoxy) is 2. The average Bonchev–Trinajstić information content (AvgIpc) is 3.38. The summed E-state index contributed by atoms with van der Waals surface area (Å²) in [5, 5.41) is 6.62. The molecule has 0 spiro atoms. The van der Waals surface area contributed by atoms with Gasteiger partial charge in [-0.2, -0.15) is 0 Å². The quantitative estimate of drug-likeness (QED) is 0.393. The van der Waals surface area contributed by atoms with Gasteiger partial charge in [-0.15, -0.1) is 0 Å². The number of nitrogens with zero attached hydrogens (tertiary/aromatic N) is 1. The van der Waals surface area contributed by atoms with E-state index in [0.717, 1.165) is 25.6 Å². The smallest absolute Gasteiger partial charge is 0.191 e. The van der Waals surface area contributed by atoms with Crippen LogP contribution in [0.4, 0.5) is 0 Å². The molecule has 5 heteroatoms. The first-order valence-electron chi connectivity index (χ1n) is 8.45. The van der Waals surface area contributed by atoms with Crippen molar-refractivity contribution in [2.75, 3.05) is 46.6 Å². The zero-order valence-corrected chi connectivity index (χ0v) is 14.3. The van der Waals surface area contributed by atoms with Gasteiger partial charge in [0.05, 0.1) is 26.4 Å². The van der Waals surface area contributed by atoms with Crippen molar-refractivity contribution in [3.63, 3.8) is 0 Å². The Morgan fingerprint density at radius 1 is 1.13 bits per heavy atom. The van der Waals surface area contributed by atoms with Crippen LogP contribution in [0.15, 0.2) is 35.3 Å². The van der Waals surface area contributed by atoms with Gasteiger partial charge in [0.2, 0.25) is 0 Å². The molecule has 2 rings (SSSR count). The Labute approximate surface area is 139 Å². The second-order valence-electron chi connectivity index (χ2n) is 5.87. The normalized spacial score (nSPS) is 16.2. The second kappa shape index (κ2) is 9.53. The van der Waals surface area contributed by atoms with Crippen LogP contribution in [-0.2, 0) is 14.9 Å². The highest BCUT2D eigenvalue weighted by atomic mass is 16.5. The highest BCUT2D eigenvalue weighted by Crippen LogP contribution is 2.48. The maximum atomic E-state index is 5.46. The number of rotatable bonds is 10. The van der Waals surface area contributed by atoms with Crippen molar-refractivity contribution >= 4 is 5.96 Å². The number of nitrogens with one attached hydrogen (secondary N) is 2. The predicted octanol–water partition coefficient (Wildman–Crippen LogP) is 1.94. The maximum absolute atomic E-state index is 5.46. The molecule has 0 bridgehead atoms. The summed E-state index contributed by atoms with van der Waals surface area (Å²) in [4.78, 5) is 4.77. The van der Waals surface area contributed by atoms with Crippen molar-refractivity contribution in [1.29, 1.82) is 0 Å². The van der Waals surface area contributed by atoms with Gasteiger partial charge in [0.1, 0.15) is 0 Å². The van der Waals surface area contributed by atoms with Crippen LogP contribution in [0.1, 0.15) is 25.3 Å². The van der Waals surface area contributed by atoms with Gasteiger partial charge in [-0.3, -0.25) is 4.99 Å². The first-order chi connectivity index (χ1) is 11.3. The van der Waals surface area contributed by atoms with E-state index in [1.165, 1.54) is 18.4 Å². The largest absolute Gasteiger partial charge is 0.382 e. The number of hydrogen-bond donors (Lipinski definition) is 2. The van der Waals surface area contributed by atoms with Crippen LogP contribution in [0.3, 0.4) is 0 Å². The monoisotopic (exact) mass is 319 g/mol. The minimum atomic E-state index is 0.249. The number of hydrogen-bond acceptors (Lipinski definition) is 3. The van der Waals surface area contributed by atoms with Gasteiger partial charge >= 0.3 is 0 Å². The minimum Gasteiger partial charge on any atom is -0.382 e. The molecule has 0 radical (unpaired) electrons. The van der Waals surface area contributed by atoms with E-state index in [2.05, 4.69) is 47.9 Å². The highest BCUT2D eigenvalue weighted by Gasteiger charge is 2.43. The van der Waals surface area contributed by atoms with E-state index in [0.29, 0.717) is 19.8 Å². The third-order valence-electron chi connectivity index (χ3n) is 4.09. The van der Waals surface area contributed by atoms with E-state index in [9.17, 15) is 0 Å². The molecule has 1 aliphatic rings. The summed E-state index contributed by atoms with van der Waals surface area (Å²) in [5.74, 6) is 0.866. The highest BCUT2D eigenvalue weighted by molar-refractivity contribution is 5.79. The van der Waals surface area contributed by atoms with Crippen LogP contribution in [-0.4, -0.2) is 52.5 Å².